The second-order valence-electron chi connectivity index (χ2n) is 2.50. The van der Waals surface area contributed by atoms with Crippen LogP contribution >= 0.6 is 0 Å². The first-order chi connectivity index (χ1) is 6.33. The smallest absolute Gasteiger partial charge is 0.212 e. The van der Waals surface area contributed by atoms with Crippen molar-refractivity contribution in [2.45, 2.75) is 13.0 Å². The van der Waals surface area contributed by atoms with E-state index in [0.717, 1.165) is 13.0 Å². The Morgan fingerprint density at radius 2 is 2.54 bits per heavy atom. The van der Waals surface area contributed by atoms with Crippen molar-refractivity contribution in [3.05, 3.63) is 18.5 Å². The summed E-state index contributed by atoms with van der Waals surface area (Å²) in [6.45, 7) is 1.37. The number of nitrogens with two attached hydrogens (primary N) is 1. The van der Waals surface area contributed by atoms with Crippen LogP contribution in [-0.2, 0) is 6.54 Å². The monoisotopic (exact) mass is 183 g/mol. The summed E-state index contributed by atoms with van der Waals surface area (Å²) in [6.07, 6.45) is 4.45. The first-order valence-corrected chi connectivity index (χ1v) is 4.00. The number of hydroxylamine groups is 1. The second kappa shape index (κ2) is 5.15. The van der Waals surface area contributed by atoms with Gasteiger partial charge in [-0.3, -0.25) is 14.9 Å². The van der Waals surface area contributed by atoms with Crippen LogP contribution in [0.5, 0.6) is 0 Å². The first-order valence-electron chi connectivity index (χ1n) is 4.00. The van der Waals surface area contributed by atoms with Gasteiger partial charge in [0.25, 0.3) is 0 Å². The van der Waals surface area contributed by atoms with Crippen LogP contribution in [0.3, 0.4) is 0 Å². The molecule has 0 saturated carbocycles. The average Bonchev–Trinajstić information content (AvgIpc) is 2.64. The maximum Gasteiger partial charge on any atom is 0.212 e. The van der Waals surface area contributed by atoms with E-state index in [1.54, 1.807) is 11.7 Å². The normalized spacial score (nSPS) is 11.6. The molecule has 0 saturated heterocycles. The van der Waals surface area contributed by atoms with Gasteiger partial charge in [0.1, 0.15) is 0 Å². The Balaban J connectivity index is 2.15. The van der Waals surface area contributed by atoms with Crippen LogP contribution in [0.4, 0.5) is 0 Å². The number of hydrogen-bond donors (Lipinski definition) is 3. The van der Waals surface area contributed by atoms with Crippen LogP contribution in [0, 0.1) is 0 Å². The molecular weight excluding hydrogens is 170 g/mol. The van der Waals surface area contributed by atoms with E-state index in [1.165, 1.54) is 0 Å². The van der Waals surface area contributed by atoms with E-state index in [4.69, 9.17) is 10.9 Å². The fourth-order valence-corrected chi connectivity index (χ4v) is 0.900. The van der Waals surface area contributed by atoms with Gasteiger partial charge < -0.3 is 5.73 Å². The third-order valence-corrected chi connectivity index (χ3v) is 1.50. The minimum Gasteiger partial charge on any atom is -0.368 e. The Hall–Kier alpha value is -1.56. The lowest BCUT2D eigenvalue weighted by molar-refractivity contribution is 0.232. The summed E-state index contributed by atoms with van der Waals surface area (Å²) in [5, 5.41) is 12.3. The zero-order valence-electron chi connectivity index (χ0n) is 7.22. The Morgan fingerprint density at radius 3 is 3.15 bits per heavy atom. The van der Waals surface area contributed by atoms with E-state index >= 15 is 0 Å². The molecule has 0 atom stereocenters. The zero-order chi connectivity index (χ0) is 9.52. The highest BCUT2D eigenvalue weighted by Gasteiger charge is 1.90. The number of nitrogens with one attached hydrogen (secondary N) is 1. The fourth-order valence-electron chi connectivity index (χ4n) is 0.900. The van der Waals surface area contributed by atoms with Crippen molar-refractivity contribution in [3.8, 4) is 0 Å². The first kappa shape index (κ1) is 9.53. The molecule has 0 fully saturated rings. The van der Waals surface area contributed by atoms with Gasteiger partial charge in [0.05, 0.1) is 0 Å². The number of aryl methyl sites for hydroxylation is 1. The van der Waals surface area contributed by atoms with E-state index in [1.807, 2.05) is 16.9 Å². The standard InChI is InChI=1S/C7H13N5O/c8-7(11-13)9-3-1-5-12-6-2-4-10-12/h2,4,6,13H,1,3,5H2,(H3,8,9,11). The van der Waals surface area contributed by atoms with Crippen LogP contribution in [0.25, 0.3) is 0 Å². The summed E-state index contributed by atoms with van der Waals surface area (Å²) in [7, 11) is 0. The Morgan fingerprint density at radius 1 is 1.69 bits per heavy atom. The van der Waals surface area contributed by atoms with E-state index in [2.05, 4.69) is 10.1 Å². The third kappa shape index (κ3) is 3.57. The van der Waals surface area contributed by atoms with E-state index in [-0.39, 0.29) is 5.96 Å². The van der Waals surface area contributed by atoms with Gasteiger partial charge in [-0.15, -0.1) is 0 Å². The quantitative estimate of drug-likeness (QED) is 0.256. The lowest BCUT2D eigenvalue weighted by Crippen LogP contribution is -2.28. The third-order valence-electron chi connectivity index (χ3n) is 1.50. The van der Waals surface area contributed by atoms with Gasteiger partial charge in [-0.2, -0.15) is 5.10 Å². The van der Waals surface area contributed by atoms with Gasteiger partial charge in [-0.05, 0) is 12.5 Å². The van der Waals surface area contributed by atoms with Crippen LogP contribution in [0.2, 0.25) is 0 Å². The van der Waals surface area contributed by atoms with Crippen LogP contribution in [0.15, 0.2) is 23.5 Å². The Kier molecular flexibility index (Phi) is 3.77. The summed E-state index contributed by atoms with van der Waals surface area (Å²) in [5.41, 5.74) is 6.96. The molecule has 4 N–H and O–H groups in total. The predicted molar refractivity (Wildman–Crippen MR) is 48.3 cm³/mol. The number of aliphatic imine (C=N–C) groups is 1. The largest absolute Gasteiger partial charge is 0.368 e. The lowest BCUT2D eigenvalue weighted by atomic mass is 10.4. The molecule has 1 rings (SSSR count). The molecule has 6 heteroatoms. The van der Waals surface area contributed by atoms with Gasteiger partial charge in [-0.25, -0.2) is 5.48 Å². The molecule has 1 heterocycles. The van der Waals surface area contributed by atoms with Crippen molar-refractivity contribution in [3.63, 3.8) is 0 Å². The average molecular weight is 183 g/mol. The summed E-state index contributed by atoms with van der Waals surface area (Å²) in [6, 6.07) is 1.87. The molecule has 72 valence electrons. The van der Waals surface area contributed by atoms with Gasteiger partial charge >= 0.3 is 0 Å². The number of nitrogens with zero attached hydrogens (tertiary/aromatic N) is 3. The van der Waals surface area contributed by atoms with Crippen LogP contribution in [-0.4, -0.2) is 27.5 Å². The van der Waals surface area contributed by atoms with Crippen LogP contribution in [0.1, 0.15) is 6.42 Å². The van der Waals surface area contributed by atoms with Gasteiger partial charge in [0, 0.05) is 25.5 Å². The minimum atomic E-state index is 0.0421. The van der Waals surface area contributed by atoms with Gasteiger partial charge in [0.15, 0.2) is 0 Å². The number of guanidine groups is 1. The summed E-state index contributed by atoms with van der Waals surface area (Å²) >= 11 is 0. The predicted octanol–water partition coefficient (Wildman–Crippen LogP) is -0.433. The van der Waals surface area contributed by atoms with Crippen molar-refractivity contribution in [2.75, 3.05) is 6.54 Å². The van der Waals surface area contributed by atoms with Crippen LogP contribution < -0.4 is 11.2 Å². The van der Waals surface area contributed by atoms with Crippen molar-refractivity contribution in [1.29, 1.82) is 0 Å². The van der Waals surface area contributed by atoms with Gasteiger partial charge in [-0.1, -0.05) is 0 Å². The maximum absolute atomic E-state index is 8.29. The van der Waals surface area contributed by atoms with Crippen molar-refractivity contribution >= 4 is 5.96 Å². The molecule has 0 aliphatic heterocycles. The highest BCUT2D eigenvalue weighted by Crippen LogP contribution is 1.89. The van der Waals surface area contributed by atoms with E-state index in [0.29, 0.717) is 6.54 Å². The minimum absolute atomic E-state index is 0.0421. The van der Waals surface area contributed by atoms with Crippen molar-refractivity contribution in [2.24, 2.45) is 10.7 Å². The Labute approximate surface area is 76.0 Å². The highest BCUT2D eigenvalue weighted by molar-refractivity contribution is 5.76. The molecule has 0 aliphatic rings. The molecule has 0 radical (unpaired) electrons. The molecule has 6 nitrogen and oxygen atoms in total. The molecule has 1 aromatic rings. The summed E-state index contributed by atoms with van der Waals surface area (Å²) in [4.78, 5) is 3.83. The molecule has 13 heavy (non-hydrogen) atoms. The maximum atomic E-state index is 8.29. The van der Waals surface area contributed by atoms with Crippen molar-refractivity contribution < 1.29 is 5.21 Å². The Bertz CT molecular complexity index is 256. The summed E-state index contributed by atoms with van der Waals surface area (Å²) < 4.78 is 1.82. The molecule has 0 unspecified atom stereocenters. The van der Waals surface area contributed by atoms with Gasteiger partial charge in [0.2, 0.25) is 5.96 Å². The molecule has 0 amide bonds. The fraction of sp³-hybridized carbons (Fsp3) is 0.429. The highest BCUT2D eigenvalue weighted by atomic mass is 16.5. The number of aromatic nitrogens is 2. The number of hydrogen-bond acceptors (Lipinski definition) is 3. The van der Waals surface area contributed by atoms with E-state index in [9.17, 15) is 0 Å². The molecule has 1 aromatic heterocycles. The topological polar surface area (TPSA) is 88.5 Å². The molecule has 0 aromatic carbocycles. The molecular formula is C7H13N5O. The molecule has 0 spiro atoms. The second-order valence-corrected chi connectivity index (χ2v) is 2.50. The zero-order valence-corrected chi connectivity index (χ0v) is 7.22. The number of rotatable bonds is 4. The molecule has 0 aliphatic carbocycles. The molecule has 0 bridgehead atoms. The SMILES string of the molecule is NC(=NCCCn1cccn1)NO. The lowest BCUT2D eigenvalue weighted by Gasteiger charge is -1.99. The van der Waals surface area contributed by atoms with E-state index < -0.39 is 0 Å². The van der Waals surface area contributed by atoms with Crippen molar-refractivity contribution in [1.82, 2.24) is 15.3 Å². The summed E-state index contributed by atoms with van der Waals surface area (Å²) in [5.74, 6) is 0.0421.